The van der Waals surface area contributed by atoms with Crippen molar-refractivity contribution in [2.45, 2.75) is 25.3 Å². The van der Waals surface area contributed by atoms with Crippen LogP contribution in [0, 0.1) is 5.92 Å². The minimum Gasteiger partial charge on any atom is -0.506 e. The standard InChI is InChI=1S/C17H17N3O2/c21-14-7-12(8-18-9-14)16-15(2-1-5-19-16)17(22)20-10-11-3-4-13(20)6-11/h1-2,5,7-9,11,13,21H,3-4,6,10H2/t11-,13+/m0/s1. The smallest absolute Gasteiger partial charge is 0.256 e. The second kappa shape index (κ2) is 5.09. The lowest BCUT2D eigenvalue weighted by Crippen LogP contribution is -2.37. The van der Waals surface area contributed by atoms with Gasteiger partial charge in [0.1, 0.15) is 5.75 Å². The first-order valence-electron chi connectivity index (χ1n) is 7.63. The Labute approximate surface area is 128 Å². The van der Waals surface area contributed by atoms with E-state index in [1.165, 1.54) is 12.6 Å². The third-order valence-corrected chi connectivity index (χ3v) is 4.71. The number of hydrogen-bond acceptors (Lipinski definition) is 4. The number of aromatic hydroxyl groups is 1. The predicted octanol–water partition coefficient (Wildman–Crippen LogP) is 2.47. The fraction of sp³-hybridized carbons (Fsp3) is 0.353. The van der Waals surface area contributed by atoms with E-state index in [-0.39, 0.29) is 11.7 Å². The first-order valence-corrected chi connectivity index (χ1v) is 7.63. The molecule has 2 bridgehead atoms. The van der Waals surface area contributed by atoms with Crippen molar-refractivity contribution in [3.8, 4) is 17.0 Å². The van der Waals surface area contributed by atoms with Crippen LogP contribution in [0.3, 0.4) is 0 Å². The molecule has 0 spiro atoms. The maximum atomic E-state index is 12.9. The second-order valence-electron chi connectivity index (χ2n) is 6.12. The van der Waals surface area contributed by atoms with Crippen molar-refractivity contribution >= 4 is 5.91 Å². The maximum absolute atomic E-state index is 12.9. The minimum absolute atomic E-state index is 0.0404. The lowest BCUT2D eigenvalue weighted by atomic mass is 10.0. The lowest BCUT2D eigenvalue weighted by Gasteiger charge is -2.27. The van der Waals surface area contributed by atoms with Gasteiger partial charge in [-0.25, -0.2) is 0 Å². The molecule has 4 rings (SSSR count). The first-order chi connectivity index (χ1) is 10.7. The molecule has 0 radical (unpaired) electrons. The van der Waals surface area contributed by atoms with Crippen LogP contribution in [0.1, 0.15) is 29.6 Å². The molecule has 1 aliphatic carbocycles. The van der Waals surface area contributed by atoms with Crippen LogP contribution in [0.25, 0.3) is 11.3 Å². The molecule has 0 unspecified atom stereocenters. The predicted molar refractivity (Wildman–Crippen MR) is 81.3 cm³/mol. The molecule has 1 saturated heterocycles. The van der Waals surface area contributed by atoms with Gasteiger partial charge in [0.2, 0.25) is 0 Å². The Hall–Kier alpha value is -2.43. The second-order valence-corrected chi connectivity index (χ2v) is 6.12. The highest BCUT2D eigenvalue weighted by Gasteiger charge is 2.40. The quantitative estimate of drug-likeness (QED) is 0.924. The molecular weight excluding hydrogens is 278 g/mol. The summed E-state index contributed by atoms with van der Waals surface area (Å²) in [4.78, 5) is 23.2. The molecule has 3 heterocycles. The number of nitrogens with zero attached hydrogens (tertiary/aromatic N) is 3. The average molecular weight is 295 g/mol. The molecule has 5 heteroatoms. The Kier molecular flexibility index (Phi) is 3.06. The van der Waals surface area contributed by atoms with Gasteiger partial charge in [-0.05, 0) is 43.4 Å². The zero-order valence-corrected chi connectivity index (χ0v) is 12.1. The van der Waals surface area contributed by atoms with Crippen LogP contribution >= 0.6 is 0 Å². The summed E-state index contributed by atoms with van der Waals surface area (Å²) in [5.41, 5.74) is 1.83. The molecule has 0 aromatic carbocycles. The zero-order valence-electron chi connectivity index (χ0n) is 12.1. The highest BCUT2D eigenvalue weighted by molar-refractivity contribution is 6.00. The fourth-order valence-corrected chi connectivity index (χ4v) is 3.69. The topological polar surface area (TPSA) is 66.3 Å². The van der Waals surface area contributed by atoms with Gasteiger partial charge in [-0.15, -0.1) is 0 Å². The van der Waals surface area contributed by atoms with E-state index in [0.29, 0.717) is 28.8 Å². The largest absolute Gasteiger partial charge is 0.506 e. The van der Waals surface area contributed by atoms with Gasteiger partial charge in [0.25, 0.3) is 5.91 Å². The molecule has 5 nitrogen and oxygen atoms in total. The summed E-state index contributed by atoms with van der Waals surface area (Å²) in [7, 11) is 0. The maximum Gasteiger partial charge on any atom is 0.256 e. The zero-order chi connectivity index (χ0) is 15.1. The van der Waals surface area contributed by atoms with E-state index in [4.69, 9.17) is 0 Å². The Bertz CT molecular complexity index is 731. The third kappa shape index (κ3) is 2.13. The lowest BCUT2D eigenvalue weighted by molar-refractivity contribution is 0.0704. The van der Waals surface area contributed by atoms with Gasteiger partial charge in [0.05, 0.1) is 17.5 Å². The number of piperidine rings is 1. The Morgan fingerprint density at radius 2 is 2.23 bits per heavy atom. The van der Waals surface area contributed by atoms with Crippen molar-refractivity contribution in [2.24, 2.45) is 5.92 Å². The Morgan fingerprint density at radius 3 is 2.95 bits per heavy atom. The summed E-state index contributed by atoms with van der Waals surface area (Å²) in [6.45, 7) is 0.857. The molecule has 2 aromatic heterocycles. The van der Waals surface area contributed by atoms with E-state index < -0.39 is 0 Å². The molecular formula is C17H17N3O2. The van der Waals surface area contributed by atoms with Gasteiger partial charge in [-0.2, -0.15) is 0 Å². The Balaban J connectivity index is 1.72. The van der Waals surface area contributed by atoms with Crippen LogP contribution in [0.4, 0.5) is 0 Å². The van der Waals surface area contributed by atoms with E-state index in [9.17, 15) is 9.90 Å². The van der Waals surface area contributed by atoms with Crippen molar-refractivity contribution in [3.05, 3.63) is 42.4 Å². The van der Waals surface area contributed by atoms with Gasteiger partial charge in [-0.3, -0.25) is 14.8 Å². The molecule has 2 atom stereocenters. The molecule has 22 heavy (non-hydrogen) atoms. The van der Waals surface area contributed by atoms with E-state index in [0.717, 1.165) is 19.4 Å². The first kappa shape index (κ1) is 13.2. The van der Waals surface area contributed by atoms with Crippen LogP contribution in [0.5, 0.6) is 5.75 Å². The number of carbonyl (C=O) groups is 1. The molecule has 2 aliphatic rings. The van der Waals surface area contributed by atoms with Gasteiger partial charge < -0.3 is 10.0 Å². The Morgan fingerprint density at radius 1 is 1.32 bits per heavy atom. The highest BCUT2D eigenvalue weighted by Crippen LogP contribution is 2.38. The summed E-state index contributed by atoms with van der Waals surface area (Å²) in [6.07, 6.45) is 8.13. The van der Waals surface area contributed by atoms with E-state index in [2.05, 4.69) is 9.97 Å². The van der Waals surface area contributed by atoms with Crippen molar-refractivity contribution in [1.82, 2.24) is 14.9 Å². The normalized spacial score (nSPS) is 23.0. The summed E-state index contributed by atoms with van der Waals surface area (Å²) in [6, 6.07) is 5.55. The summed E-state index contributed by atoms with van der Waals surface area (Å²) in [5, 5.41) is 9.62. The van der Waals surface area contributed by atoms with E-state index in [1.807, 2.05) is 4.90 Å². The van der Waals surface area contributed by atoms with Crippen LogP contribution < -0.4 is 0 Å². The number of amides is 1. The van der Waals surface area contributed by atoms with Crippen molar-refractivity contribution in [2.75, 3.05) is 6.54 Å². The molecule has 2 fully saturated rings. The monoisotopic (exact) mass is 295 g/mol. The van der Waals surface area contributed by atoms with Crippen LogP contribution in [0.15, 0.2) is 36.8 Å². The summed E-state index contributed by atoms with van der Waals surface area (Å²) in [5.74, 6) is 0.775. The van der Waals surface area contributed by atoms with Crippen LogP contribution in [-0.4, -0.2) is 38.5 Å². The van der Waals surface area contributed by atoms with Gasteiger partial charge >= 0.3 is 0 Å². The molecule has 2 aromatic rings. The number of carbonyl (C=O) groups excluding carboxylic acids is 1. The molecule has 112 valence electrons. The fourth-order valence-electron chi connectivity index (χ4n) is 3.69. The number of rotatable bonds is 2. The average Bonchev–Trinajstić information content (AvgIpc) is 3.17. The summed E-state index contributed by atoms with van der Waals surface area (Å²) >= 11 is 0. The minimum atomic E-state index is 0.0404. The van der Waals surface area contributed by atoms with Crippen molar-refractivity contribution in [3.63, 3.8) is 0 Å². The SMILES string of the molecule is O=C(c1cccnc1-c1cncc(O)c1)N1C[C@H]2CC[C@@H]1C2. The van der Waals surface area contributed by atoms with E-state index in [1.54, 1.807) is 30.6 Å². The highest BCUT2D eigenvalue weighted by atomic mass is 16.3. The molecule has 1 amide bonds. The van der Waals surface area contributed by atoms with E-state index >= 15 is 0 Å². The van der Waals surface area contributed by atoms with Crippen molar-refractivity contribution in [1.29, 1.82) is 0 Å². The molecule has 1 N–H and O–H groups in total. The van der Waals surface area contributed by atoms with Crippen LogP contribution in [0.2, 0.25) is 0 Å². The van der Waals surface area contributed by atoms with Crippen LogP contribution in [-0.2, 0) is 0 Å². The number of aromatic nitrogens is 2. The molecule has 1 aliphatic heterocycles. The van der Waals surface area contributed by atoms with Gasteiger partial charge in [0.15, 0.2) is 0 Å². The number of hydrogen-bond donors (Lipinski definition) is 1. The number of pyridine rings is 2. The van der Waals surface area contributed by atoms with Gasteiger partial charge in [-0.1, -0.05) is 0 Å². The number of fused-ring (bicyclic) bond motifs is 2. The van der Waals surface area contributed by atoms with Gasteiger partial charge in [0, 0.05) is 30.5 Å². The van der Waals surface area contributed by atoms with Crippen molar-refractivity contribution < 1.29 is 9.90 Å². The molecule has 1 saturated carbocycles. The third-order valence-electron chi connectivity index (χ3n) is 4.71. The number of likely N-dealkylation sites (tertiary alicyclic amines) is 1. The summed E-state index contributed by atoms with van der Waals surface area (Å²) < 4.78 is 0.